The summed E-state index contributed by atoms with van der Waals surface area (Å²) in [5.74, 6) is 0.753. The van der Waals surface area contributed by atoms with E-state index in [1.807, 2.05) is 12.1 Å². The lowest BCUT2D eigenvalue weighted by Crippen LogP contribution is -2.39. The number of piperidine rings is 1. The first kappa shape index (κ1) is 15.8. The van der Waals surface area contributed by atoms with Crippen molar-refractivity contribution in [1.29, 1.82) is 0 Å². The highest BCUT2D eigenvalue weighted by molar-refractivity contribution is 5.78. The quantitative estimate of drug-likeness (QED) is 0.872. The summed E-state index contributed by atoms with van der Waals surface area (Å²) in [6.07, 6.45) is 3.03. The molecule has 116 valence electrons. The van der Waals surface area contributed by atoms with Gasteiger partial charge < -0.3 is 15.5 Å². The third-order valence-corrected chi connectivity index (χ3v) is 4.36. The smallest absolute Gasteiger partial charge is 0.224 e. The first-order valence-corrected chi connectivity index (χ1v) is 7.83. The molecule has 4 heteroatoms. The van der Waals surface area contributed by atoms with Gasteiger partial charge in [-0.3, -0.25) is 4.79 Å². The molecule has 1 heterocycles. The summed E-state index contributed by atoms with van der Waals surface area (Å²) in [6, 6.07) is 8.66. The Hall–Kier alpha value is -1.55. The summed E-state index contributed by atoms with van der Waals surface area (Å²) in [6.45, 7) is 4.66. The minimum Gasteiger partial charge on any atom is -0.382 e. The number of hydrogen-bond acceptors (Lipinski definition) is 3. The molecule has 2 rings (SSSR count). The van der Waals surface area contributed by atoms with Gasteiger partial charge in [0.05, 0.1) is 6.42 Å². The van der Waals surface area contributed by atoms with E-state index in [9.17, 15) is 4.79 Å². The lowest BCUT2D eigenvalue weighted by Gasteiger charge is -2.34. The molecule has 1 aromatic carbocycles. The van der Waals surface area contributed by atoms with E-state index in [0.29, 0.717) is 18.4 Å². The van der Waals surface area contributed by atoms with Gasteiger partial charge in [-0.25, -0.2) is 0 Å². The van der Waals surface area contributed by atoms with E-state index in [1.54, 1.807) is 7.05 Å². The number of carbonyl (C=O) groups excluding carboxylic acids is 1. The van der Waals surface area contributed by atoms with E-state index in [4.69, 9.17) is 0 Å². The Bertz CT molecular complexity index is 458. The highest BCUT2D eigenvalue weighted by Gasteiger charge is 2.22. The van der Waals surface area contributed by atoms with Gasteiger partial charge >= 0.3 is 0 Å². The van der Waals surface area contributed by atoms with Crippen LogP contribution < -0.4 is 10.6 Å². The van der Waals surface area contributed by atoms with Crippen LogP contribution in [0.25, 0.3) is 0 Å². The van der Waals surface area contributed by atoms with Gasteiger partial charge in [-0.1, -0.05) is 12.1 Å². The number of rotatable bonds is 5. The second kappa shape index (κ2) is 7.46. The molecule has 2 N–H and O–H groups in total. The number of likely N-dealkylation sites (tertiary alicyclic amines) is 1. The van der Waals surface area contributed by atoms with Crippen molar-refractivity contribution in [1.82, 2.24) is 10.2 Å². The molecule has 2 atom stereocenters. The van der Waals surface area contributed by atoms with Gasteiger partial charge in [0, 0.05) is 25.3 Å². The van der Waals surface area contributed by atoms with Crippen LogP contribution in [0, 0.1) is 5.92 Å². The predicted octanol–water partition coefficient (Wildman–Crippen LogP) is 2.12. The molecule has 0 bridgehead atoms. The number of likely N-dealkylation sites (N-methyl/N-ethyl adjacent to an activating group) is 1. The molecule has 1 aromatic rings. The molecule has 0 spiro atoms. The Morgan fingerprint density at radius 1 is 1.38 bits per heavy atom. The maximum atomic E-state index is 11.3. The van der Waals surface area contributed by atoms with Crippen molar-refractivity contribution in [2.75, 3.05) is 32.5 Å². The lowest BCUT2D eigenvalue weighted by atomic mass is 9.91. The maximum Gasteiger partial charge on any atom is 0.224 e. The fraction of sp³-hybridized carbons (Fsp3) is 0.588. The van der Waals surface area contributed by atoms with Crippen LogP contribution >= 0.6 is 0 Å². The third-order valence-electron chi connectivity index (χ3n) is 4.36. The second-order valence-corrected chi connectivity index (χ2v) is 6.14. The molecule has 4 nitrogen and oxygen atoms in total. The number of benzene rings is 1. The molecule has 0 aromatic heterocycles. The van der Waals surface area contributed by atoms with Crippen molar-refractivity contribution >= 4 is 11.6 Å². The van der Waals surface area contributed by atoms with Crippen molar-refractivity contribution in [3.63, 3.8) is 0 Å². The molecule has 1 aliphatic rings. The fourth-order valence-electron chi connectivity index (χ4n) is 2.99. The normalized spacial score (nSPS) is 20.8. The minimum absolute atomic E-state index is 0.0503. The molecular weight excluding hydrogens is 262 g/mol. The molecule has 0 aliphatic carbocycles. The first-order valence-electron chi connectivity index (χ1n) is 7.83. The van der Waals surface area contributed by atoms with Crippen LogP contribution in [0.15, 0.2) is 24.3 Å². The van der Waals surface area contributed by atoms with Crippen molar-refractivity contribution in [3.8, 4) is 0 Å². The Morgan fingerprint density at radius 2 is 2.10 bits per heavy atom. The molecule has 1 saturated heterocycles. The number of carbonyl (C=O) groups is 1. The predicted molar refractivity (Wildman–Crippen MR) is 87.5 cm³/mol. The summed E-state index contributed by atoms with van der Waals surface area (Å²) in [7, 11) is 3.87. The highest BCUT2D eigenvalue weighted by Crippen LogP contribution is 2.21. The van der Waals surface area contributed by atoms with E-state index in [2.05, 4.69) is 41.6 Å². The highest BCUT2D eigenvalue weighted by atomic mass is 16.1. The average molecular weight is 289 g/mol. The zero-order valence-electron chi connectivity index (χ0n) is 13.4. The van der Waals surface area contributed by atoms with Crippen LogP contribution in [0.3, 0.4) is 0 Å². The SMILES string of the molecule is CNC(=O)Cc1ccc(NC(C)C2CCCN(C)C2)cc1. The van der Waals surface area contributed by atoms with Crippen LogP contribution in [0.5, 0.6) is 0 Å². The molecule has 1 fully saturated rings. The summed E-state index contributed by atoms with van der Waals surface area (Å²) in [5, 5.41) is 6.25. The van der Waals surface area contributed by atoms with Gasteiger partial charge in [-0.2, -0.15) is 0 Å². The number of hydrogen-bond donors (Lipinski definition) is 2. The monoisotopic (exact) mass is 289 g/mol. The van der Waals surface area contributed by atoms with E-state index in [1.165, 1.54) is 25.9 Å². The van der Waals surface area contributed by atoms with Gasteiger partial charge in [0.25, 0.3) is 0 Å². The molecule has 0 radical (unpaired) electrons. The fourth-order valence-corrected chi connectivity index (χ4v) is 2.99. The summed E-state index contributed by atoms with van der Waals surface area (Å²) in [4.78, 5) is 13.8. The first-order chi connectivity index (χ1) is 10.1. The molecule has 2 unspecified atom stereocenters. The Kier molecular flexibility index (Phi) is 5.62. The lowest BCUT2D eigenvalue weighted by molar-refractivity contribution is -0.119. The number of nitrogens with zero attached hydrogens (tertiary/aromatic N) is 1. The van der Waals surface area contributed by atoms with Crippen molar-refractivity contribution in [2.24, 2.45) is 5.92 Å². The minimum atomic E-state index is 0.0503. The van der Waals surface area contributed by atoms with Gasteiger partial charge in [0.15, 0.2) is 0 Å². The van der Waals surface area contributed by atoms with Crippen LogP contribution in [0.1, 0.15) is 25.3 Å². The number of amides is 1. The largest absolute Gasteiger partial charge is 0.382 e. The zero-order chi connectivity index (χ0) is 15.2. The average Bonchev–Trinajstić information content (AvgIpc) is 2.49. The molecule has 0 saturated carbocycles. The van der Waals surface area contributed by atoms with E-state index in [0.717, 1.165) is 11.3 Å². The molecule has 1 amide bonds. The van der Waals surface area contributed by atoms with Gasteiger partial charge in [0.1, 0.15) is 0 Å². The van der Waals surface area contributed by atoms with E-state index < -0.39 is 0 Å². The van der Waals surface area contributed by atoms with Crippen LogP contribution in [-0.2, 0) is 11.2 Å². The topological polar surface area (TPSA) is 44.4 Å². The number of anilines is 1. The molecule has 21 heavy (non-hydrogen) atoms. The zero-order valence-corrected chi connectivity index (χ0v) is 13.4. The van der Waals surface area contributed by atoms with Crippen LogP contribution in [-0.4, -0.2) is 44.0 Å². The Morgan fingerprint density at radius 3 is 2.71 bits per heavy atom. The molecular formula is C17H27N3O. The van der Waals surface area contributed by atoms with Gasteiger partial charge in [0.2, 0.25) is 5.91 Å². The Labute approximate surface area is 127 Å². The number of nitrogens with one attached hydrogen (secondary N) is 2. The van der Waals surface area contributed by atoms with Gasteiger partial charge in [-0.15, -0.1) is 0 Å². The van der Waals surface area contributed by atoms with Crippen LogP contribution in [0.4, 0.5) is 5.69 Å². The maximum absolute atomic E-state index is 11.3. The summed E-state index contributed by atoms with van der Waals surface area (Å²) < 4.78 is 0. The second-order valence-electron chi connectivity index (χ2n) is 6.14. The summed E-state index contributed by atoms with van der Waals surface area (Å²) >= 11 is 0. The summed E-state index contributed by atoms with van der Waals surface area (Å²) in [5.41, 5.74) is 2.18. The van der Waals surface area contributed by atoms with Gasteiger partial charge in [-0.05, 0) is 57.0 Å². The van der Waals surface area contributed by atoms with Crippen LogP contribution in [0.2, 0.25) is 0 Å². The third kappa shape index (κ3) is 4.74. The standard InChI is InChI=1S/C17H27N3O/c1-13(15-5-4-10-20(3)12-15)19-16-8-6-14(7-9-16)11-17(21)18-2/h6-9,13,15,19H,4-5,10-12H2,1-3H3,(H,18,21). The van der Waals surface area contributed by atoms with E-state index >= 15 is 0 Å². The van der Waals surface area contributed by atoms with Crippen molar-refractivity contribution in [2.45, 2.75) is 32.2 Å². The Balaban J connectivity index is 1.88. The van der Waals surface area contributed by atoms with Crippen molar-refractivity contribution < 1.29 is 4.79 Å². The van der Waals surface area contributed by atoms with Crippen molar-refractivity contribution in [3.05, 3.63) is 29.8 Å². The van der Waals surface area contributed by atoms with E-state index in [-0.39, 0.29) is 5.91 Å². The molecule has 1 aliphatic heterocycles.